The molecule has 0 saturated carbocycles. The summed E-state index contributed by atoms with van der Waals surface area (Å²) in [7, 11) is 2.90. The molecular formula is C24H20N4O5S. The van der Waals surface area contributed by atoms with Crippen LogP contribution in [-0.2, 0) is 17.0 Å². The van der Waals surface area contributed by atoms with Gasteiger partial charge in [0, 0.05) is 5.56 Å². The van der Waals surface area contributed by atoms with Gasteiger partial charge in [-0.2, -0.15) is 0 Å². The first-order chi connectivity index (χ1) is 16.6. The van der Waals surface area contributed by atoms with Crippen molar-refractivity contribution in [1.29, 1.82) is 0 Å². The second kappa shape index (κ2) is 9.06. The molecule has 5 aromatic rings. The number of aromatic nitrogens is 4. The van der Waals surface area contributed by atoms with E-state index < -0.39 is 5.97 Å². The van der Waals surface area contributed by atoms with Gasteiger partial charge in [0.05, 0.1) is 37.4 Å². The summed E-state index contributed by atoms with van der Waals surface area (Å²) < 4.78 is 19.2. The quantitative estimate of drug-likeness (QED) is 0.258. The zero-order valence-corrected chi connectivity index (χ0v) is 19.2. The van der Waals surface area contributed by atoms with Crippen LogP contribution in [0.25, 0.3) is 16.7 Å². The van der Waals surface area contributed by atoms with Gasteiger partial charge in [0.15, 0.2) is 5.16 Å². The largest absolute Gasteiger partial charge is 0.496 e. The number of furan rings is 1. The van der Waals surface area contributed by atoms with Crippen molar-refractivity contribution < 1.29 is 18.7 Å². The molecule has 0 spiro atoms. The number of fused-ring (bicyclic) bond motifs is 3. The van der Waals surface area contributed by atoms with Gasteiger partial charge in [-0.1, -0.05) is 42.1 Å². The van der Waals surface area contributed by atoms with Crippen molar-refractivity contribution in [1.82, 2.24) is 19.2 Å². The summed E-state index contributed by atoms with van der Waals surface area (Å²) in [6.07, 6.45) is 0. The molecule has 2 aromatic carbocycles. The molecule has 0 amide bonds. The summed E-state index contributed by atoms with van der Waals surface area (Å²) in [5.74, 6) is 1.73. The Kier molecular flexibility index (Phi) is 5.81. The molecule has 0 fully saturated rings. The van der Waals surface area contributed by atoms with Gasteiger partial charge < -0.3 is 13.9 Å². The monoisotopic (exact) mass is 476 g/mol. The van der Waals surface area contributed by atoms with Crippen LogP contribution in [-0.4, -0.2) is 39.4 Å². The van der Waals surface area contributed by atoms with Crippen molar-refractivity contribution in [3.8, 4) is 5.75 Å². The van der Waals surface area contributed by atoms with Crippen LogP contribution in [0, 0.1) is 0 Å². The minimum atomic E-state index is -0.532. The fraction of sp³-hybridized carbons (Fsp3) is 0.167. The molecule has 0 aliphatic heterocycles. The van der Waals surface area contributed by atoms with Crippen LogP contribution in [0.5, 0.6) is 5.75 Å². The third-order valence-corrected chi connectivity index (χ3v) is 6.34. The predicted octanol–water partition coefficient (Wildman–Crippen LogP) is 3.77. The number of benzene rings is 2. The van der Waals surface area contributed by atoms with E-state index in [1.165, 1.54) is 18.9 Å². The summed E-state index contributed by atoms with van der Waals surface area (Å²) in [5.41, 5.74) is 1.40. The summed E-state index contributed by atoms with van der Waals surface area (Å²) in [6.45, 7) is 0.278. The second-order valence-electron chi connectivity index (χ2n) is 7.38. The Morgan fingerprint density at radius 2 is 1.82 bits per heavy atom. The molecule has 9 nitrogen and oxygen atoms in total. The molecule has 0 atom stereocenters. The lowest BCUT2D eigenvalue weighted by Crippen LogP contribution is -2.24. The van der Waals surface area contributed by atoms with Crippen molar-refractivity contribution in [3.63, 3.8) is 0 Å². The van der Waals surface area contributed by atoms with Gasteiger partial charge in [-0.15, -0.1) is 10.2 Å². The van der Waals surface area contributed by atoms with E-state index in [2.05, 4.69) is 14.9 Å². The molecule has 0 saturated heterocycles. The van der Waals surface area contributed by atoms with Crippen molar-refractivity contribution >= 4 is 34.4 Å². The Morgan fingerprint density at radius 3 is 2.65 bits per heavy atom. The summed E-state index contributed by atoms with van der Waals surface area (Å²) in [4.78, 5) is 25.1. The summed E-state index contributed by atoms with van der Waals surface area (Å²) >= 11 is 1.39. The van der Waals surface area contributed by atoms with Crippen molar-refractivity contribution in [3.05, 3.63) is 88.1 Å². The fourth-order valence-corrected chi connectivity index (χ4v) is 4.61. The molecule has 3 aromatic heterocycles. The molecule has 34 heavy (non-hydrogen) atoms. The van der Waals surface area contributed by atoms with Crippen LogP contribution in [0.15, 0.2) is 75.0 Å². The topological polar surface area (TPSA) is 101 Å². The molecule has 0 aliphatic carbocycles. The molecule has 0 aliphatic rings. The molecule has 172 valence electrons. The lowest BCUT2D eigenvalue weighted by Gasteiger charge is -2.13. The van der Waals surface area contributed by atoms with Crippen LogP contribution in [0.1, 0.15) is 21.9 Å². The van der Waals surface area contributed by atoms with Gasteiger partial charge in [-0.25, -0.2) is 4.79 Å². The highest BCUT2D eigenvalue weighted by Crippen LogP contribution is 2.26. The number of ether oxygens (including phenoxy) is 2. The fourth-order valence-electron chi connectivity index (χ4n) is 3.77. The van der Waals surface area contributed by atoms with Crippen LogP contribution in [0.3, 0.4) is 0 Å². The zero-order valence-electron chi connectivity index (χ0n) is 18.4. The number of carbonyl (C=O) groups excluding carboxylic acids is 1. The number of hydrogen-bond acceptors (Lipinski definition) is 8. The molecule has 0 N–H and O–H groups in total. The van der Waals surface area contributed by atoms with Gasteiger partial charge in [0.2, 0.25) is 11.5 Å². The maximum absolute atomic E-state index is 13.4. The Morgan fingerprint density at radius 1 is 1.03 bits per heavy atom. The number of hydrogen-bond donors (Lipinski definition) is 0. The lowest BCUT2D eigenvalue weighted by molar-refractivity contribution is 0.0563. The third kappa shape index (κ3) is 3.81. The number of carbonyl (C=O) groups is 1. The lowest BCUT2D eigenvalue weighted by atomic mass is 10.2. The highest BCUT2D eigenvalue weighted by atomic mass is 32.2. The normalized spacial score (nSPS) is 11.2. The number of methoxy groups -OCH3 is 2. The highest BCUT2D eigenvalue weighted by Gasteiger charge is 2.19. The van der Waals surface area contributed by atoms with E-state index in [-0.39, 0.29) is 17.9 Å². The zero-order chi connectivity index (χ0) is 23.7. The van der Waals surface area contributed by atoms with Gasteiger partial charge in [-0.3, -0.25) is 13.8 Å². The maximum Gasteiger partial charge on any atom is 0.373 e. The Bertz CT molecular complexity index is 1570. The molecule has 0 unspecified atom stereocenters. The third-order valence-electron chi connectivity index (χ3n) is 5.39. The second-order valence-corrected chi connectivity index (χ2v) is 8.33. The van der Waals surface area contributed by atoms with E-state index in [0.717, 1.165) is 5.56 Å². The van der Waals surface area contributed by atoms with Gasteiger partial charge >= 0.3 is 5.97 Å². The Hall–Kier alpha value is -4.05. The molecule has 0 bridgehead atoms. The number of esters is 1. The highest BCUT2D eigenvalue weighted by molar-refractivity contribution is 7.98. The molecule has 5 rings (SSSR count). The number of rotatable bonds is 7. The average Bonchev–Trinajstić information content (AvgIpc) is 3.52. The first-order valence-electron chi connectivity index (χ1n) is 10.4. The van der Waals surface area contributed by atoms with Gasteiger partial charge in [-0.05, 0) is 30.3 Å². The Balaban J connectivity index is 1.58. The van der Waals surface area contributed by atoms with Gasteiger partial charge in [0.1, 0.15) is 11.5 Å². The minimum Gasteiger partial charge on any atom is -0.496 e. The molecule has 10 heteroatoms. The van der Waals surface area contributed by atoms with E-state index >= 15 is 0 Å². The van der Waals surface area contributed by atoms with Crippen molar-refractivity contribution in [2.75, 3.05) is 14.2 Å². The average molecular weight is 477 g/mol. The molecular weight excluding hydrogens is 456 g/mol. The minimum absolute atomic E-state index is 0.139. The maximum atomic E-state index is 13.4. The molecule has 0 radical (unpaired) electrons. The summed E-state index contributed by atoms with van der Waals surface area (Å²) in [6, 6.07) is 18.2. The van der Waals surface area contributed by atoms with Crippen molar-refractivity contribution in [2.45, 2.75) is 17.5 Å². The van der Waals surface area contributed by atoms with Crippen LogP contribution >= 0.6 is 11.8 Å². The first kappa shape index (κ1) is 21.8. The van der Waals surface area contributed by atoms with E-state index in [9.17, 15) is 9.59 Å². The number of nitrogens with zero attached hydrogens (tertiary/aromatic N) is 4. The summed E-state index contributed by atoms with van der Waals surface area (Å²) in [5, 5.41) is 9.85. The predicted molar refractivity (Wildman–Crippen MR) is 126 cm³/mol. The first-order valence-corrected chi connectivity index (χ1v) is 11.4. The van der Waals surface area contributed by atoms with E-state index in [0.29, 0.717) is 39.1 Å². The standard InChI is InChI=1S/C24H20N4O5S/c1-31-19-10-6-3-7-15(19)13-27-21(29)17-8-4-5-9-18(17)28-23(27)25-26-24(28)34-14-16-11-12-20(33-16)22(30)32-2/h3-12H,13-14H2,1-2H3. The smallest absolute Gasteiger partial charge is 0.373 e. The van der Waals surface area contributed by atoms with E-state index in [4.69, 9.17) is 9.15 Å². The van der Waals surface area contributed by atoms with Crippen molar-refractivity contribution in [2.24, 2.45) is 0 Å². The van der Waals surface area contributed by atoms with Crippen LogP contribution in [0.4, 0.5) is 0 Å². The number of thioether (sulfide) groups is 1. The van der Waals surface area contributed by atoms with Crippen LogP contribution in [0.2, 0.25) is 0 Å². The van der Waals surface area contributed by atoms with Gasteiger partial charge in [0.25, 0.3) is 5.56 Å². The van der Waals surface area contributed by atoms with Crippen LogP contribution < -0.4 is 10.3 Å². The van der Waals surface area contributed by atoms with E-state index in [1.54, 1.807) is 29.9 Å². The van der Waals surface area contributed by atoms with E-state index in [1.807, 2.05) is 46.9 Å². The SMILES string of the molecule is COC(=O)c1ccc(CSc2nnc3n(Cc4ccccc4OC)c(=O)c4ccccc4n23)o1. The molecule has 3 heterocycles. The number of para-hydroxylation sites is 2. The Labute approximate surface area is 197 Å².